The first-order valence-corrected chi connectivity index (χ1v) is 12.5. The Morgan fingerprint density at radius 3 is 2.53 bits per heavy atom. The van der Waals surface area contributed by atoms with Crippen LogP contribution in [-0.2, 0) is 4.79 Å². The third-order valence-electron chi connectivity index (χ3n) is 5.09. The number of hydrogen-bond donors (Lipinski definition) is 2. The molecule has 6 heterocycles. The van der Waals surface area contributed by atoms with Crippen molar-refractivity contribution in [3.05, 3.63) is 39.3 Å². The molecule has 0 aliphatic carbocycles. The molecule has 3 aromatic rings. The van der Waals surface area contributed by atoms with Crippen LogP contribution in [0, 0.1) is 0 Å². The highest BCUT2D eigenvalue weighted by Crippen LogP contribution is 2.29. The monoisotopic (exact) mass is 520 g/mol. The van der Waals surface area contributed by atoms with E-state index in [0.717, 1.165) is 34.5 Å². The largest absolute Gasteiger partial charge is 0.334 e. The first kappa shape index (κ1) is 24.3. The van der Waals surface area contributed by atoms with E-state index < -0.39 is 0 Å². The van der Waals surface area contributed by atoms with Gasteiger partial charge in [-0.3, -0.25) is 4.79 Å². The van der Waals surface area contributed by atoms with E-state index >= 15 is 0 Å². The van der Waals surface area contributed by atoms with Crippen LogP contribution in [0.2, 0.25) is 0 Å². The molecule has 3 aliphatic rings. The van der Waals surface area contributed by atoms with Gasteiger partial charge in [0.1, 0.15) is 11.5 Å². The molecule has 2 N–H and O–H groups in total. The molecule has 3 aliphatic heterocycles. The number of aromatic nitrogens is 3. The lowest BCUT2D eigenvalue weighted by atomic mass is 9.93. The van der Waals surface area contributed by atoms with Crippen LogP contribution in [0.15, 0.2) is 33.6 Å². The number of anilines is 2. The highest BCUT2D eigenvalue weighted by Gasteiger charge is 2.35. The summed E-state index contributed by atoms with van der Waals surface area (Å²) in [5.41, 5.74) is 2.08. The number of hydrogen-bond acceptors (Lipinski definition) is 7. The van der Waals surface area contributed by atoms with Gasteiger partial charge in [0.25, 0.3) is 5.91 Å². The van der Waals surface area contributed by atoms with E-state index in [1.165, 1.54) is 31.6 Å². The number of piperazine rings is 1. The molecule has 1 amide bonds. The molecule has 3 saturated heterocycles. The number of thiophene rings is 1. The second-order valence-electron chi connectivity index (χ2n) is 7.57. The summed E-state index contributed by atoms with van der Waals surface area (Å²) >= 11 is 4.98. The number of nitrogens with zero attached hydrogens (tertiary/aromatic N) is 4. The van der Waals surface area contributed by atoms with Crippen molar-refractivity contribution in [1.82, 2.24) is 19.9 Å². The number of halogens is 1. The SMILES string of the molecule is CC.CC(C)=O.O=C(Nc1ccsc1Br)c1ccc2cnc(N3CC4CCC3CN4)nn12. The topological polar surface area (TPSA) is 91.6 Å². The first-order valence-electron chi connectivity index (χ1n) is 10.8. The summed E-state index contributed by atoms with van der Waals surface area (Å²) in [5, 5.41) is 13.1. The van der Waals surface area contributed by atoms with Crippen LogP contribution in [0.1, 0.15) is 51.0 Å². The van der Waals surface area contributed by atoms with Gasteiger partial charge < -0.3 is 20.3 Å². The van der Waals surface area contributed by atoms with Gasteiger partial charge >= 0.3 is 0 Å². The van der Waals surface area contributed by atoms with Crippen molar-refractivity contribution >= 4 is 56.1 Å². The fourth-order valence-corrected chi connectivity index (χ4v) is 4.84. The predicted molar refractivity (Wildman–Crippen MR) is 133 cm³/mol. The molecule has 2 unspecified atom stereocenters. The summed E-state index contributed by atoms with van der Waals surface area (Å²) in [7, 11) is 0. The van der Waals surface area contributed by atoms with Crippen LogP contribution in [0.5, 0.6) is 0 Å². The van der Waals surface area contributed by atoms with Gasteiger partial charge in [0.15, 0.2) is 0 Å². The second kappa shape index (κ2) is 11.0. The van der Waals surface area contributed by atoms with E-state index in [4.69, 9.17) is 0 Å². The average Bonchev–Trinajstić information content (AvgIpc) is 3.41. The summed E-state index contributed by atoms with van der Waals surface area (Å²) < 4.78 is 2.59. The van der Waals surface area contributed by atoms with Gasteiger partial charge in [-0.2, -0.15) is 0 Å². The third kappa shape index (κ3) is 5.54. The molecule has 0 aromatic carbocycles. The van der Waals surface area contributed by atoms with Crippen LogP contribution in [0.25, 0.3) is 5.52 Å². The van der Waals surface area contributed by atoms with Gasteiger partial charge in [-0.15, -0.1) is 16.4 Å². The summed E-state index contributed by atoms with van der Waals surface area (Å²) in [4.78, 5) is 29.0. The quantitative estimate of drug-likeness (QED) is 0.532. The van der Waals surface area contributed by atoms with E-state index in [1.807, 2.05) is 31.4 Å². The molecule has 3 fully saturated rings. The van der Waals surface area contributed by atoms with E-state index in [-0.39, 0.29) is 11.7 Å². The molecule has 0 radical (unpaired) electrons. The first-order chi connectivity index (χ1) is 15.4. The highest BCUT2D eigenvalue weighted by atomic mass is 79.9. The van der Waals surface area contributed by atoms with Crippen LogP contribution in [-0.4, -0.2) is 51.5 Å². The third-order valence-corrected chi connectivity index (χ3v) is 6.78. The number of carbonyl (C=O) groups excluding carboxylic acids is 2. The zero-order valence-electron chi connectivity index (χ0n) is 18.8. The molecule has 32 heavy (non-hydrogen) atoms. The summed E-state index contributed by atoms with van der Waals surface area (Å²) in [6.07, 6.45) is 4.15. The number of ketones is 1. The minimum Gasteiger partial charge on any atom is -0.334 e. The lowest BCUT2D eigenvalue weighted by Crippen LogP contribution is -2.61. The molecule has 0 spiro atoms. The number of fused-ring (bicyclic) bond motifs is 4. The fourth-order valence-electron chi connectivity index (χ4n) is 3.72. The van der Waals surface area contributed by atoms with E-state index in [2.05, 4.69) is 41.5 Å². The Labute approximate surface area is 200 Å². The molecular formula is C22H29BrN6O2S. The molecule has 8 nitrogen and oxygen atoms in total. The summed E-state index contributed by atoms with van der Waals surface area (Å²) in [6.45, 7) is 8.94. The molecular weight excluding hydrogens is 492 g/mol. The van der Waals surface area contributed by atoms with Crippen molar-refractivity contribution in [2.24, 2.45) is 0 Å². The Morgan fingerprint density at radius 2 is 1.97 bits per heavy atom. The van der Waals surface area contributed by atoms with Crippen molar-refractivity contribution in [3.63, 3.8) is 0 Å². The molecule has 6 rings (SSSR count). The number of Topliss-reactive ketones (excluding diaryl/α,β-unsaturated/α-hetero) is 1. The Hall–Kier alpha value is -2.30. The fraction of sp³-hybridized carbons (Fsp3) is 0.455. The number of piperidine rings is 2. The van der Waals surface area contributed by atoms with Gasteiger partial charge in [0.05, 0.1) is 21.2 Å². The molecule has 10 heteroatoms. The van der Waals surface area contributed by atoms with Gasteiger partial charge in [-0.05, 0) is 66.2 Å². The molecule has 172 valence electrons. The second-order valence-corrected chi connectivity index (χ2v) is 9.81. The van der Waals surface area contributed by atoms with Crippen LogP contribution in [0.4, 0.5) is 11.6 Å². The molecule has 0 saturated carbocycles. The minimum atomic E-state index is -0.185. The predicted octanol–water partition coefficient (Wildman–Crippen LogP) is 4.37. The minimum absolute atomic E-state index is 0.167. The number of amides is 1. The maximum atomic E-state index is 12.7. The normalized spacial score (nSPS) is 19.0. The van der Waals surface area contributed by atoms with Crippen molar-refractivity contribution < 1.29 is 9.59 Å². The van der Waals surface area contributed by atoms with Gasteiger partial charge in [-0.25, -0.2) is 9.50 Å². The van der Waals surface area contributed by atoms with Gasteiger partial charge in [0.2, 0.25) is 5.95 Å². The van der Waals surface area contributed by atoms with Crippen molar-refractivity contribution in [2.45, 2.75) is 52.6 Å². The number of carbonyl (C=O) groups is 2. The van der Waals surface area contributed by atoms with E-state index in [0.29, 0.717) is 23.7 Å². The van der Waals surface area contributed by atoms with Crippen LogP contribution >= 0.6 is 27.3 Å². The summed E-state index contributed by atoms with van der Waals surface area (Å²) in [6, 6.07) is 6.45. The van der Waals surface area contributed by atoms with Crippen molar-refractivity contribution in [3.8, 4) is 0 Å². The Morgan fingerprint density at radius 1 is 1.22 bits per heavy atom. The number of rotatable bonds is 3. The van der Waals surface area contributed by atoms with Crippen molar-refractivity contribution in [2.75, 3.05) is 23.3 Å². The Balaban J connectivity index is 0.000000437. The maximum absolute atomic E-state index is 12.7. The van der Waals surface area contributed by atoms with E-state index in [9.17, 15) is 9.59 Å². The molecule has 2 bridgehead atoms. The van der Waals surface area contributed by atoms with Crippen molar-refractivity contribution in [1.29, 1.82) is 0 Å². The number of nitrogens with one attached hydrogen (secondary N) is 2. The smallest absolute Gasteiger partial charge is 0.274 e. The highest BCUT2D eigenvalue weighted by molar-refractivity contribution is 9.11. The van der Waals surface area contributed by atoms with Gasteiger partial charge in [-0.1, -0.05) is 13.8 Å². The Bertz CT molecular complexity index is 1070. The average molecular weight is 521 g/mol. The summed E-state index contributed by atoms with van der Waals surface area (Å²) in [5.74, 6) is 0.672. The molecule has 2 atom stereocenters. The standard InChI is InChI=1S/C17H17BrN6OS.C3H6O.C2H6/c18-15-13(5-6-26-15)21-16(25)14-4-3-12-8-20-17(22-24(12)14)23-9-10-1-2-11(23)7-19-10;1-3(2)4;1-2/h3-6,8,10-11,19H,1-2,7,9H2,(H,21,25);1-2H3;1-2H3. The molecule has 3 aromatic heterocycles. The van der Waals surface area contributed by atoms with Gasteiger partial charge in [0, 0.05) is 25.2 Å². The lowest BCUT2D eigenvalue weighted by molar-refractivity contribution is -0.115. The maximum Gasteiger partial charge on any atom is 0.274 e. The lowest BCUT2D eigenvalue weighted by Gasteiger charge is -2.45. The van der Waals surface area contributed by atoms with Crippen LogP contribution < -0.4 is 15.5 Å². The Kier molecular flexibility index (Phi) is 8.38. The zero-order valence-corrected chi connectivity index (χ0v) is 21.2. The van der Waals surface area contributed by atoms with Crippen LogP contribution in [0.3, 0.4) is 0 Å². The zero-order chi connectivity index (χ0) is 23.3. The van der Waals surface area contributed by atoms with E-state index in [1.54, 1.807) is 16.8 Å².